The molecule has 0 aliphatic carbocycles. The minimum absolute atomic E-state index is 0.219. The number of hydrogen-bond acceptors (Lipinski definition) is 2. The Morgan fingerprint density at radius 3 is 2.82 bits per heavy atom. The van der Waals surface area contributed by atoms with Gasteiger partial charge >= 0.3 is 0 Å². The van der Waals surface area contributed by atoms with Gasteiger partial charge in [-0.3, -0.25) is 0 Å². The van der Waals surface area contributed by atoms with Crippen LogP contribution in [0.5, 0.6) is 0 Å². The van der Waals surface area contributed by atoms with Gasteiger partial charge in [0.25, 0.3) is 0 Å². The van der Waals surface area contributed by atoms with Crippen LogP contribution in [0, 0.1) is 6.92 Å². The highest BCUT2D eigenvalue weighted by atomic mass is 15.2. The maximum absolute atomic E-state index is 3.53. The van der Waals surface area contributed by atoms with Crippen molar-refractivity contribution in [3.05, 3.63) is 29.8 Å². The van der Waals surface area contributed by atoms with E-state index in [1.165, 1.54) is 17.7 Å². The largest absolute Gasteiger partial charge is 0.362 e. The second-order valence-corrected chi connectivity index (χ2v) is 5.82. The first-order chi connectivity index (χ1) is 8.00. The number of aryl methyl sites for hydroxylation is 1. The fourth-order valence-electron chi connectivity index (χ4n) is 2.90. The molecule has 1 N–H and O–H groups in total. The van der Waals surface area contributed by atoms with Crippen molar-refractivity contribution in [1.29, 1.82) is 0 Å². The zero-order valence-corrected chi connectivity index (χ0v) is 11.5. The summed E-state index contributed by atoms with van der Waals surface area (Å²) in [5, 5.41) is 3.53. The molecule has 1 fully saturated rings. The monoisotopic (exact) mass is 232 g/mol. The van der Waals surface area contributed by atoms with Crippen LogP contribution in [-0.2, 0) is 0 Å². The Labute approximate surface area is 105 Å². The summed E-state index contributed by atoms with van der Waals surface area (Å²) in [5.41, 5.74) is 2.91. The molecule has 1 unspecified atom stereocenters. The zero-order chi connectivity index (χ0) is 12.5. The summed E-state index contributed by atoms with van der Waals surface area (Å²) in [6.45, 7) is 11.3. The third kappa shape index (κ3) is 2.63. The lowest BCUT2D eigenvalue weighted by molar-refractivity contribution is 0.426. The van der Waals surface area contributed by atoms with Gasteiger partial charge in [0.05, 0.1) is 0 Å². The van der Waals surface area contributed by atoms with Crippen molar-refractivity contribution < 1.29 is 0 Å². The molecular formula is C15H24N2. The standard InChI is InChI=1S/C15H24N2/c1-12-6-5-7-14(10-12)17-13(2)11-16-9-8-15(17,3)4/h5-7,10,13,16H,8-9,11H2,1-4H3. The summed E-state index contributed by atoms with van der Waals surface area (Å²) >= 11 is 0. The Bertz CT molecular complexity index is 384. The van der Waals surface area contributed by atoms with Gasteiger partial charge in [-0.1, -0.05) is 12.1 Å². The van der Waals surface area contributed by atoms with Crippen LogP contribution in [0.15, 0.2) is 24.3 Å². The molecular weight excluding hydrogens is 208 g/mol. The second kappa shape index (κ2) is 4.69. The maximum atomic E-state index is 3.53. The van der Waals surface area contributed by atoms with E-state index in [9.17, 15) is 0 Å². The van der Waals surface area contributed by atoms with Crippen molar-refractivity contribution in [2.45, 2.75) is 45.7 Å². The van der Waals surface area contributed by atoms with Gasteiger partial charge in [0.15, 0.2) is 0 Å². The van der Waals surface area contributed by atoms with Crippen LogP contribution in [0.4, 0.5) is 5.69 Å². The van der Waals surface area contributed by atoms with Crippen molar-refractivity contribution in [1.82, 2.24) is 5.32 Å². The average molecular weight is 232 g/mol. The minimum Gasteiger partial charge on any atom is -0.362 e. The Balaban J connectivity index is 2.38. The average Bonchev–Trinajstić information content (AvgIpc) is 2.36. The molecule has 0 amide bonds. The maximum Gasteiger partial charge on any atom is 0.0391 e. The van der Waals surface area contributed by atoms with Gasteiger partial charge in [-0.2, -0.15) is 0 Å². The Morgan fingerprint density at radius 2 is 2.12 bits per heavy atom. The van der Waals surface area contributed by atoms with E-state index < -0.39 is 0 Å². The predicted octanol–water partition coefficient (Wildman–Crippen LogP) is 2.96. The molecule has 0 bridgehead atoms. The third-order valence-corrected chi connectivity index (χ3v) is 3.73. The lowest BCUT2D eigenvalue weighted by Gasteiger charge is -2.43. The molecule has 1 aliphatic heterocycles. The lowest BCUT2D eigenvalue weighted by Crippen LogP contribution is -2.49. The third-order valence-electron chi connectivity index (χ3n) is 3.73. The van der Waals surface area contributed by atoms with Gasteiger partial charge in [-0.15, -0.1) is 0 Å². The molecule has 1 atom stereocenters. The van der Waals surface area contributed by atoms with E-state index in [1.54, 1.807) is 0 Å². The van der Waals surface area contributed by atoms with Gasteiger partial charge in [0, 0.05) is 23.8 Å². The van der Waals surface area contributed by atoms with Crippen LogP contribution < -0.4 is 10.2 Å². The van der Waals surface area contributed by atoms with E-state index in [1.807, 2.05) is 0 Å². The van der Waals surface area contributed by atoms with Crippen molar-refractivity contribution in [3.63, 3.8) is 0 Å². The molecule has 1 saturated heterocycles. The molecule has 2 rings (SSSR count). The number of nitrogens with one attached hydrogen (secondary N) is 1. The van der Waals surface area contributed by atoms with E-state index in [0.29, 0.717) is 6.04 Å². The minimum atomic E-state index is 0.219. The number of anilines is 1. The van der Waals surface area contributed by atoms with Gasteiger partial charge in [-0.25, -0.2) is 0 Å². The molecule has 1 aromatic rings. The van der Waals surface area contributed by atoms with E-state index >= 15 is 0 Å². The Kier molecular flexibility index (Phi) is 3.43. The first kappa shape index (κ1) is 12.4. The van der Waals surface area contributed by atoms with Crippen LogP contribution in [0.3, 0.4) is 0 Å². The first-order valence-electron chi connectivity index (χ1n) is 6.57. The molecule has 17 heavy (non-hydrogen) atoms. The molecule has 2 nitrogen and oxygen atoms in total. The SMILES string of the molecule is Cc1cccc(N2C(C)CNCCC2(C)C)c1. The van der Waals surface area contributed by atoms with Crippen LogP contribution in [0.25, 0.3) is 0 Å². The molecule has 0 aromatic heterocycles. The van der Waals surface area contributed by atoms with Crippen LogP contribution in [-0.4, -0.2) is 24.7 Å². The Morgan fingerprint density at radius 1 is 1.35 bits per heavy atom. The topological polar surface area (TPSA) is 15.3 Å². The zero-order valence-electron chi connectivity index (χ0n) is 11.5. The number of nitrogens with zero attached hydrogens (tertiary/aromatic N) is 1. The van der Waals surface area contributed by atoms with E-state index in [2.05, 4.69) is 62.2 Å². The molecule has 1 heterocycles. The molecule has 94 valence electrons. The summed E-state index contributed by atoms with van der Waals surface area (Å²) in [6, 6.07) is 9.39. The normalized spacial score (nSPS) is 24.5. The highest BCUT2D eigenvalue weighted by Gasteiger charge is 2.32. The highest BCUT2D eigenvalue weighted by molar-refractivity contribution is 5.52. The highest BCUT2D eigenvalue weighted by Crippen LogP contribution is 2.30. The number of hydrogen-bond donors (Lipinski definition) is 1. The van der Waals surface area contributed by atoms with E-state index in [-0.39, 0.29) is 5.54 Å². The molecule has 0 spiro atoms. The fourth-order valence-corrected chi connectivity index (χ4v) is 2.90. The van der Waals surface area contributed by atoms with Crippen LogP contribution in [0.2, 0.25) is 0 Å². The number of benzene rings is 1. The molecule has 1 aromatic carbocycles. The van der Waals surface area contributed by atoms with Crippen LogP contribution in [0.1, 0.15) is 32.8 Å². The summed E-state index contributed by atoms with van der Waals surface area (Å²) in [6.07, 6.45) is 1.19. The summed E-state index contributed by atoms with van der Waals surface area (Å²) in [4.78, 5) is 2.57. The molecule has 1 aliphatic rings. The van der Waals surface area contributed by atoms with Crippen molar-refractivity contribution in [2.24, 2.45) is 0 Å². The van der Waals surface area contributed by atoms with Gasteiger partial charge in [0.1, 0.15) is 0 Å². The van der Waals surface area contributed by atoms with E-state index in [0.717, 1.165) is 13.1 Å². The van der Waals surface area contributed by atoms with Gasteiger partial charge < -0.3 is 10.2 Å². The molecule has 2 heteroatoms. The van der Waals surface area contributed by atoms with Crippen molar-refractivity contribution in [3.8, 4) is 0 Å². The molecule has 0 radical (unpaired) electrons. The smallest absolute Gasteiger partial charge is 0.0391 e. The predicted molar refractivity (Wildman–Crippen MR) is 74.7 cm³/mol. The summed E-state index contributed by atoms with van der Waals surface area (Å²) in [7, 11) is 0. The quantitative estimate of drug-likeness (QED) is 0.801. The van der Waals surface area contributed by atoms with Crippen molar-refractivity contribution >= 4 is 5.69 Å². The number of rotatable bonds is 1. The van der Waals surface area contributed by atoms with Gasteiger partial charge in [-0.05, 0) is 58.4 Å². The second-order valence-electron chi connectivity index (χ2n) is 5.82. The van der Waals surface area contributed by atoms with E-state index in [4.69, 9.17) is 0 Å². The Hall–Kier alpha value is -1.02. The fraction of sp³-hybridized carbons (Fsp3) is 0.600. The van der Waals surface area contributed by atoms with Gasteiger partial charge in [0.2, 0.25) is 0 Å². The molecule has 0 saturated carbocycles. The first-order valence-corrected chi connectivity index (χ1v) is 6.57. The van der Waals surface area contributed by atoms with Crippen LogP contribution >= 0.6 is 0 Å². The lowest BCUT2D eigenvalue weighted by atomic mass is 9.96. The summed E-state index contributed by atoms with van der Waals surface area (Å²) < 4.78 is 0. The van der Waals surface area contributed by atoms with Crippen molar-refractivity contribution in [2.75, 3.05) is 18.0 Å². The summed E-state index contributed by atoms with van der Waals surface area (Å²) in [5.74, 6) is 0.